The van der Waals surface area contributed by atoms with E-state index in [1.807, 2.05) is 32.0 Å². The largest absolute Gasteiger partial charge is 0.350 e. The third kappa shape index (κ3) is 3.96. The van der Waals surface area contributed by atoms with Crippen molar-refractivity contribution in [2.24, 2.45) is 0 Å². The minimum absolute atomic E-state index is 0.0338. The summed E-state index contributed by atoms with van der Waals surface area (Å²) < 4.78 is 14.8. The lowest BCUT2D eigenvalue weighted by Crippen LogP contribution is -2.46. The molecular formula is C21H24FN7O. The molecule has 0 spiro atoms. The number of aromatic nitrogens is 4. The summed E-state index contributed by atoms with van der Waals surface area (Å²) in [5, 5.41) is 10.5. The van der Waals surface area contributed by atoms with Gasteiger partial charge in [0, 0.05) is 25.4 Å². The number of hydrogen-bond donors (Lipinski definition) is 2. The quantitative estimate of drug-likeness (QED) is 0.651. The first kappa shape index (κ1) is 19.8. The van der Waals surface area contributed by atoms with Crippen molar-refractivity contribution in [3.05, 3.63) is 59.3 Å². The van der Waals surface area contributed by atoms with Crippen molar-refractivity contribution in [2.75, 3.05) is 22.6 Å². The predicted molar refractivity (Wildman–Crippen MR) is 113 cm³/mol. The molecule has 1 atom stereocenters. The van der Waals surface area contributed by atoms with Crippen LogP contribution in [0.25, 0.3) is 0 Å². The number of carbonyl (C=O) groups is 1. The van der Waals surface area contributed by atoms with Crippen molar-refractivity contribution in [3.63, 3.8) is 0 Å². The summed E-state index contributed by atoms with van der Waals surface area (Å²) in [6, 6.07) is 6.14. The van der Waals surface area contributed by atoms with Gasteiger partial charge in [0.1, 0.15) is 17.5 Å². The maximum absolute atomic E-state index is 13.0. The minimum atomic E-state index is -0.250. The van der Waals surface area contributed by atoms with Gasteiger partial charge in [-0.3, -0.25) is 9.48 Å². The number of hydrogen-bond acceptors (Lipinski definition) is 6. The molecule has 8 nitrogen and oxygen atoms in total. The Bertz CT molecular complexity index is 1060. The molecule has 2 aromatic heterocycles. The summed E-state index contributed by atoms with van der Waals surface area (Å²) in [4.78, 5) is 23.2. The number of anilines is 3. The Kier molecular flexibility index (Phi) is 5.35. The first-order chi connectivity index (χ1) is 14.4. The second-order valence-electron chi connectivity index (χ2n) is 7.38. The van der Waals surface area contributed by atoms with E-state index in [9.17, 15) is 9.18 Å². The molecular weight excluding hydrogens is 385 g/mol. The molecule has 0 aliphatic carbocycles. The van der Waals surface area contributed by atoms with Crippen LogP contribution in [-0.2, 0) is 17.9 Å². The van der Waals surface area contributed by atoms with Crippen LogP contribution < -0.4 is 15.5 Å². The normalized spacial score (nSPS) is 15.7. The number of amides is 1. The summed E-state index contributed by atoms with van der Waals surface area (Å²) >= 11 is 0. The van der Waals surface area contributed by atoms with Crippen molar-refractivity contribution in [2.45, 2.75) is 39.4 Å². The highest BCUT2D eigenvalue weighted by Crippen LogP contribution is 2.32. The van der Waals surface area contributed by atoms with Gasteiger partial charge in [-0.25, -0.2) is 9.37 Å². The van der Waals surface area contributed by atoms with Gasteiger partial charge in [0.2, 0.25) is 11.9 Å². The summed E-state index contributed by atoms with van der Waals surface area (Å²) in [6.07, 6.45) is 4.41. The van der Waals surface area contributed by atoms with Crippen molar-refractivity contribution in [1.29, 1.82) is 0 Å². The molecule has 1 amide bonds. The number of likely N-dealkylation sites (N-methyl/N-ethyl adjacent to an activating group) is 1. The van der Waals surface area contributed by atoms with Crippen LogP contribution in [0.3, 0.4) is 0 Å². The number of nitrogens with one attached hydrogen (secondary N) is 2. The fourth-order valence-electron chi connectivity index (χ4n) is 3.57. The van der Waals surface area contributed by atoms with Gasteiger partial charge in [0.15, 0.2) is 5.82 Å². The molecule has 0 bridgehead atoms. The average molecular weight is 409 g/mol. The Hall–Kier alpha value is -3.49. The van der Waals surface area contributed by atoms with Crippen LogP contribution in [0.2, 0.25) is 0 Å². The lowest BCUT2D eigenvalue weighted by Gasteiger charge is -2.34. The minimum Gasteiger partial charge on any atom is -0.350 e. The van der Waals surface area contributed by atoms with E-state index >= 15 is 0 Å². The molecule has 2 N–H and O–H groups in total. The van der Waals surface area contributed by atoms with Crippen LogP contribution in [0.15, 0.2) is 36.7 Å². The SMILES string of the molecule is CC[C@H]1C(=O)Nc2c(C)nc(NCc3cnn(Cc4ccc(F)cc4)c3)nc2N1C. The van der Waals surface area contributed by atoms with Crippen molar-refractivity contribution in [3.8, 4) is 0 Å². The number of carbonyl (C=O) groups excluding carboxylic acids is 1. The van der Waals surface area contributed by atoms with Crippen LogP contribution in [0.5, 0.6) is 0 Å². The second kappa shape index (κ2) is 8.10. The first-order valence-electron chi connectivity index (χ1n) is 9.86. The maximum atomic E-state index is 13.0. The lowest BCUT2D eigenvalue weighted by molar-refractivity contribution is -0.117. The van der Waals surface area contributed by atoms with Gasteiger partial charge in [-0.15, -0.1) is 0 Å². The van der Waals surface area contributed by atoms with E-state index in [2.05, 4.69) is 25.7 Å². The molecule has 4 rings (SSSR count). The van der Waals surface area contributed by atoms with E-state index in [0.717, 1.165) is 11.1 Å². The predicted octanol–water partition coefficient (Wildman–Crippen LogP) is 2.95. The number of fused-ring (bicyclic) bond motifs is 1. The van der Waals surface area contributed by atoms with Gasteiger partial charge in [-0.1, -0.05) is 19.1 Å². The molecule has 0 radical (unpaired) electrons. The van der Waals surface area contributed by atoms with Crippen LogP contribution in [0, 0.1) is 12.7 Å². The maximum Gasteiger partial charge on any atom is 0.247 e. The number of benzene rings is 1. The molecule has 1 aliphatic rings. The monoisotopic (exact) mass is 409 g/mol. The summed E-state index contributed by atoms with van der Waals surface area (Å²) in [6.45, 7) is 4.90. The van der Waals surface area contributed by atoms with Gasteiger partial charge in [-0.2, -0.15) is 10.1 Å². The van der Waals surface area contributed by atoms with Gasteiger partial charge in [0.25, 0.3) is 0 Å². The van der Waals surface area contributed by atoms with E-state index in [1.165, 1.54) is 12.1 Å². The fourth-order valence-corrected chi connectivity index (χ4v) is 3.57. The van der Waals surface area contributed by atoms with E-state index < -0.39 is 0 Å². The van der Waals surface area contributed by atoms with Crippen molar-refractivity contribution in [1.82, 2.24) is 19.7 Å². The van der Waals surface area contributed by atoms with E-state index in [-0.39, 0.29) is 17.8 Å². The standard InChI is InChI=1S/C21H24FN7O/c1-4-17-20(30)26-18-13(2)25-21(27-19(18)28(17)3)23-9-15-10-24-29(12-15)11-14-5-7-16(22)8-6-14/h5-8,10,12,17H,4,9,11H2,1-3H3,(H,26,30)(H,23,25,27)/t17-/m0/s1. The number of rotatable bonds is 6. The zero-order valence-electron chi connectivity index (χ0n) is 17.2. The van der Waals surface area contributed by atoms with Gasteiger partial charge in [0.05, 0.1) is 18.4 Å². The fraction of sp³-hybridized carbons (Fsp3) is 0.333. The molecule has 1 aliphatic heterocycles. The van der Waals surface area contributed by atoms with Crippen LogP contribution in [0.1, 0.15) is 30.2 Å². The smallest absolute Gasteiger partial charge is 0.247 e. The molecule has 30 heavy (non-hydrogen) atoms. The van der Waals surface area contributed by atoms with E-state index in [0.29, 0.717) is 42.7 Å². The summed E-state index contributed by atoms with van der Waals surface area (Å²) in [7, 11) is 1.88. The molecule has 0 fully saturated rings. The topological polar surface area (TPSA) is 88.0 Å². The Morgan fingerprint density at radius 1 is 1.20 bits per heavy atom. The summed E-state index contributed by atoms with van der Waals surface area (Å²) in [5.41, 5.74) is 3.32. The van der Waals surface area contributed by atoms with Crippen LogP contribution in [-0.4, -0.2) is 38.7 Å². The highest BCUT2D eigenvalue weighted by molar-refractivity contribution is 6.03. The van der Waals surface area contributed by atoms with Gasteiger partial charge >= 0.3 is 0 Å². The average Bonchev–Trinajstić information content (AvgIpc) is 3.17. The molecule has 9 heteroatoms. The van der Waals surface area contributed by atoms with E-state index in [4.69, 9.17) is 0 Å². The van der Waals surface area contributed by atoms with Crippen molar-refractivity contribution >= 4 is 23.4 Å². The lowest BCUT2D eigenvalue weighted by atomic mass is 10.1. The first-order valence-corrected chi connectivity index (χ1v) is 9.86. The Morgan fingerprint density at radius 2 is 1.97 bits per heavy atom. The zero-order chi connectivity index (χ0) is 21.3. The Morgan fingerprint density at radius 3 is 2.70 bits per heavy atom. The zero-order valence-corrected chi connectivity index (χ0v) is 17.2. The molecule has 1 aromatic carbocycles. The Labute approximate surface area is 174 Å². The highest BCUT2D eigenvalue weighted by Gasteiger charge is 2.32. The molecule has 156 valence electrons. The van der Waals surface area contributed by atoms with Crippen LogP contribution in [0.4, 0.5) is 21.8 Å². The molecule has 0 saturated carbocycles. The third-order valence-electron chi connectivity index (χ3n) is 5.21. The molecule has 3 heterocycles. The Balaban J connectivity index is 1.45. The summed E-state index contributed by atoms with van der Waals surface area (Å²) in [5.74, 6) is 0.923. The molecule has 3 aromatic rings. The third-order valence-corrected chi connectivity index (χ3v) is 5.21. The van der Waals surface area contributed by atoms with Crippen LogP contribution >= 0.6 is 0 Å². The van der Waals surface area contributed by atoms with Gasteiger partial charge in [-0.05, 0) is 31.0 Å². The second-order valence-corrected chi connectivity index (χ2v) is 7.38. The number of nitrogens with zero attached hydrogens (tertiary/aromatic N) is 5. The highest BCUT2D eigenvalue weighted by atomic mass is 19.1. The molecule has 0 unspecified atom stereocenters. The van der Waals surface area contributed by atoms with E-state index in [1.54, 1.807) is 23.0 Å². The number of aryl methyl sites for hydroxylation is 1. The van der Waals surface area contributed by atoms with Crippen molar-refractivity contribution < 1.29 is 9.18 Å². The molecule has 0 saturated heterocycles. The van der Waals surface area contributed by atoms with Gasteiger partial charge < -0.3 is 15.5 Å². The number of halogens is 1.